The van der Waals surface area contributed by atoms with Gasteiger partial charge < -0.3 is 8.83 Å². The predicted octanol–water partition coefficient (Wildman–Crippen LogP) is 3.64. The zero-order valence-electron chi connectivity index (χ0n) is 12.2. The van der Waals surface area contributed by atoms with Gasteiger partial charge in [-0.1, -0.05) is 23.9 Å². The van der Waals surface area contributed by atoms with Crippen molar-refractivity contribution in [2.24, 2.45) is 0 Å². The first-order valence-electron chi connectivity index (χ1n) is 6.63. The number of benzene rings is 1. The van der Waals surface area contributed by atoms with Gasteiger partial charge in [0.2, 0.25) is 5.89 Å². The molecule has 0 amide bonds. The first-order valence-corrected chi connectivity index (χ1v) is 9.01. The van der Waals surface area contributed by atoms with Crippen molar-refractivity contribution in [1.82, 2.24) is 10.2 Å². The van der Waals surface area contributed by atoms with Crippen LogP contribution in [0.3, 0.4) is 0 Å². The van der Waals surface area contributed by atoms with Gasteiger partial charge in [-0.05, 0) is 30.4 Å². The fourth-order valence-electron chi connectivity index (χ4n) is 2.07. The number of aryl methyl sites for hydroxylation is 1. The molecule has 0 fully saturated rings. The highest BCUT2D eigenvalue weighted by molar-refractivity contribution is 7.98. The minimum Gasteiger partial charge on any atom is -0.423 e. The highest BCUT2D eigenvalue weighted by Crippen LogP contribution is 2.26. The summed E-state index contributed by atoms with van der Waals surface area (Å²) in [6.07, 6.45) is 1.98. The van der Waals surface area contributed by atoms with Gasteiger partial charge in [-0.25, -0.2) is 4.79 Å². The standard InChI is InChI=1S/C15H14N2O3S2/c1-9-3-4-11-10(6-14(18)19-12(11)5-9)7-22-15-17-16-13(20-15)8-21-2/h3-6H,7-8H2,1-2H3. The molecule has 0 radical (unpaired) electrons. The number of thioether (sulfide) groups is 2. The molecule has 0 unspecified atom stereocenters. The second kappa shape index (κ2) is 6.58. The fraction of sp³-hybridized carbons (Fsp3) is 0.267. The van der Waals surface area contributed by atoms with Crippen molar-refractivity contribution in [3.63, 3.8) is 0 Å². The third-order valence-corrected chi connectivity index (χ3v) is 4.46. The first-order chi connectivity index (χ1) is 10.7. The Hall–Kier alpha value is -1.73. The van der Waals surface area contributed by atoms with Crippen LogP contribution in [0.25, 0.3) is 11.0 Å². The average Bonchev–Trinajstić information content (AvgIpc) is 2.92. The van der Waals surface area contributed by atoms with Crippen LogP contribution in [0.1, 0.15) is 17.0 Å². The molecule has 0 atom stereocenters. The smallest absolute Gasteiger partial charge is 0.336 e. The van der Waals surface area contributed by atoms with Crippen molar-refractivity contribution in [1.29, 1.82) is 0 Å². The van der Waals surface area contributed by atoms with Gasteiger partial charge in [0.25, 0.3) is 5.22 Å². The Bertz CT molecular complexity index is 857. The van der Waals surface area contributed by atoms with E-state index in [1.807, 2.05) is 31.4 Å². The molecule has 7 heteroatoms. The van der Waals surface area contributed by atoms with Crippen LogP contribution in [-0.2, 0) is 11.5 Å². The quantitative estimate of drug-likeness (QED) is 0.521. The number of aromatic nitrogens is 2. The summed E-state index contributed by atoms with van der Waals surface area (Å²) in [6.45, 7) is 1.96. The Labute approximate surface area is 135 Å². The van der Waals surface area contributed by atoms with Crippen molar-refractivity contribution in [2.75, 3.05) is 6.26 Å². The van der Waals surface area contributed by atoms with Crippen LogP contribution in [0.15, 0.2) is 43.1 Å². The third-order valence-electron chi connectivity index (χ3n) is 3.05. The fourth-order valence-corrected chi connectivity index (χ4v) is 3.21. The maximum absolute atomic E-state index is 11.7. The van der Waals surface area contributed by atoms with E-state index in [9.17, 15) is 4.79 Å². The van der Waals surface area contributed by atoms with Crippen LogP contribution in [0.2, 0.25) is 0 Å². The van der Waals surface area contributed by atoms with E-state index in [1.54, 1.807) is 11.8 Å². The highest BCUT2D eigenvalue weighted by atomic mass is 32.2. The molecular weight excluding hydrogens is 320 g/mol. The molecule has 2 heterocycles. The molecule has 1 aromatic carbocycles. The van der Waals surface area contributed by atoms with Gasteiger partial charge in [-0.3, -0.25) is 0 Å². The van der Waals surface area contributed by atoms with Gasteiger partial charge in [0, 0.05) is 17.2 Å². The molecule has 0 aliphatic rings. The summed E-state index contributed by atoms with van der Waals surface area (Å²) in [5.41, 5.74) is 2.22. The van der Waals surface area contributed by atoms with Gasteiger partial charge in [0.05, 0.1) is 5.75 Å². The summed E-state index contributed by atoms with van der Waals surface area (Å²) in [5.74, 6) is 1.89. The second-order valence-corrected chi connectivity index (χ2v) is 6.57. The van der Waals surface area contributed by atoms with E-state index in [4.69, 9.17) is 8.83 Å². The van der Waals surface area contributed by atoms with Crippen LogP contribution >= 0.6 is 23.5 Å². The number of hydrogen-bond acceptors (Lipinski definition) is 7. The normalized spacial score (nSPS) is 11.2. The number of nitrogens with zero attached hydrogens (tertiary/aromatic N) is 2. The van der Waals surface area contributed by atoms with E-state index in [2.05, 4.69) is 10.2 Å². The van der Waals surface area contributed by atoms with E-state index in [-0.39, 0.29) is 5.63 Å². The third kappa shape index (κ3) is 3.36. The molecule has 114 valence electrons. The SMILES string of the molecule is CSCc1nnc(SCc2cc(=O)oc3cc(C)ccc23)o1. The molecule has 2 aromatic heterocycles. The van der Waals surface area contributed by atoms with Crippen LogP contribution in [0.4, 0.5) is 0 Å². The van der Waals surface area contributed by atoms with E-state index in [1.165, 1.54) is 17.8 Å². The van der Waals surface area contributed by atoms with Crippen LogP contribution in [-0.4, -0.2) is 16.5 Å². The molecule has 3 aromatic rings. The highest BCUT2D eigenvalue weighted by Gasteiger charge is 2.10. The van der Waals surface area contributed by atoms with E-state index in [0.29, 0.717) is 28.2 Å². The second-order valence-electron chi connectivity index (χ2n) is 4.77. The van der Waals surface area contributed by atoms with Gasteiger partial charge in [0.15, 0.2) is 0 Å². The molecule has 0 aliphatic carbocycles. The van der Waals surface area contributed by atoms with Crippen LogP contribution < -0.4 is 5.63 Å². The Morgan fingerprint density at radius 1 is 1.14 bits per heavy atom. The topological polar surface area (TPSA) is 69.1 Å². The summed E-state index contributed by atoms with van der Waals surface area (Å²) < 4.78 is 10.8. The van der Waals surface area contributed by atoms with Gasteiger partial charge >= 0.3 is 5.63 Å². The molecule has 0 bridgehead atoms. The van der Waals surface area contributed by atoms with Crippen molar-refractivity contribution in [3.05, 3.63) is 51.7 Å². The summed E-state index contributed by atoms with van der Waals surface area (Å²) in [6, 6.07) is 7.36. The number of fused-ring (bicyclic) bond motifs is 1. The molecule has 3 rings (SSSR count). The Morgan fingerprint density at radius 3 is 2.82 bits per heavy atom. The summed E-state index contributed by atoms with van der Waals surface area (Å²) >= 11 is 3.05. The maximum Gasteiger partial charge on any atom is 0.336 e. The molecule has 0 saturated carbocycles. The minimum atomic E-state index is -0.345. The Kier molecular flexibility index (Phi) is 4.54. The Morgan fingerprint density at radius 2 is 2.00 bits per heavy atom. The molecular formula is C15H14N2O3S2. The lowest BCUT2D eigenvalue weighted by atomic mass is 10.1. The van der Waals surface area contributed by atoms with Gasteiger partial charge in [-0.2, -0.15) is 11.8 Å². The van der Waals surface area contributed by atoms with Crippen molar-refractivity contribution >= 4 is 34.5 Å². The lowest BCUT2D eigenvalue weighted by Crippen LogP contribution is -2.00. The molecule has 0 aliphatic heterocycles. The zero-order chi connectivity index (χ0) is 15.5. The summed E-state index contributed by atoms with van der Waals surface area (Å²) in [7, 11) is 0. The Balaban J connectivity index is 1.85. The average molecular weight is 334 g/mol. The van der Waals surface area contributed by atoms with E-state index in [0.717, 1.165) is 16.5 Å². The molecule has 0 spiro atoms. The minimum absolute atomic E-state index is 0.345. The summed E-state index contributed by atoms with van der Waals surface area (Å²) in [5, 5.41) is 9.41. The number of rotatable bonds is 5. The molecule has 0 N–H and O–H groups in total. The van der Waals surface area contributed by atoms with Crippen LogP contribution in [0, 0.1) is 6.92 Å². The maximum atomic E-state index is 11.7. The lowest BCUT2D eigenvalue weighted by molar-refractivity contribution is 0.426. The first kappa shape index (κ1) is 15.2. The predicted molar refractivity (Wildman–Crippen MR) is 88.3 cm³/mol. The van der Waals surface area contributed by atoms with E-state index >= 15 is 0 Å². The molecule has 5 nitrogen and oxygen atoms in total. The molecule has 0 saturated heterocycles. The van der Waals surface area contributed by atoms with Crippen LogP contribution in [0.5, 0.6) is 0 Å². The zero-order valence-corrected chi connectivity index (χ0v) is 13.8. The van der Waals surface area contributed by atoms with Crippen molar-refractivity contribution in [2.45, 2.75) is 23.7 Å². The van der Waals surface area contributed by atoms with E-state index < -0.39 is 0 Å². The monoisotopic (exact) mass is 334 g/mol. The van der Waals surface area contributed by atoms with Gasteiger partial charge in [0.1, 0.15) is 5.58 Å². The van der Waals surface area contributed by atoms with Crippen molar-refractivity contribution in [3.8, 4) is 0 Å². The largest absolute Gasteiger partial charge is 0.423 e. The van der Waals surface area contributed by atoms with Crippen molar-refractivity contribution < 1.29 is 8.83 Å². The number of hydrogen-bond donors (Lipinski definition) is 0. The summed E-state index contributed by atoms with van der Waals surface area (Å²) in [4.78, 5) is 11.7. The molecule has 22 heavy (non-hydrogen) atoms. The van der Waals surface area contributed by atoms with Gasteiger partial charge in [-0.15, -0.1) is 10.2 Å². The lowest BCUT2D eigenvalue weighted by Gasteiger charge is -2.04.